The monoisotopic (exact) mass is 526 g/mol. The lowest BCUT2D eigenvalue weighted by molar-refractivity contribution is -0.153. The number of carbonyl (C=O) groups excluding carboxylic acids is 2. The number of ether oxygens (including phenoxy) is 5. The first-order valence-corrected chi connectivity index (χ1v) is 12.4. The first-order valence-electron chi connectivity index (χ1n) is 12.4. The van der Waals surface area contributed by atoms with Gasteiger partial charge in [0.2, 0.25) is 17.6 Å². The zero-order valence-corrected chi connectivity index (χ0v) is 22.4. The van der Waals surface area contributed by atoms with Crippen molar-refractivity contribution < 1.29 is 33.3 Å². The molecule has 11 nitrogen and oxygen atoms in total. The number of rotatable bonds is 8. The summed E-state index contributed by atoms with van der Waals surface area (Å²) in [5.74, 6) is 0.139. The van der Waals surface area contributed by atoms with Crippen LogP contribution in [0.3, 0.4) is 0 Å². The third kappa shape index (κ3) is 5.27. The van der Waals surface area contributed by atoms with E-state index in [4.69, 9.17) is 28.7 Å². The summed E-state index contributed by atoms with van der Waals surface area (Å²) >= 11 is 0. The minimum absolute atomic E-state index is 0.145. The molecule has 204 valence electrons. The molecule has 1 fully saturated rings. The highest BCUT2D eigenvalue weighted by molar-refractivity contribution is 6.08. The molecule has 0 spiro atoms. The number of aliphatic imine (C=N–C) groups is 1. The second kappa shape index (κ2) is 11.9. The highest BCUT2D eigenvalue weighted by Gasteiger charge is 2.43. The Hall–Kier alpha value is -4.15. The molecule has 2 atom stereocenters. The van der Waals surface area contributed by atoms with Crippen LogP contribution in [-0.4, -0.2) is 84.0 Å². The number of anilines is 1. The first kappa shape index (κ1) is 26.9. The van der Waals surface area contributed by atoms with Gasteiger partial charge in [0.05, 0.1) is 40.7 Å². The minimum atomic E-state index is -1.17. The molecular weight excluding hydrogens is 492 g/mol. The molecular formula is C27H34N4O7. The number of methoxy groups -OCH3 is 4. The molecule has 0 bridgehead atoms. The van der Waals surface area contributed by atoms with Gasteiger partial charge in [0, 0.05) is 26.2 Å². The van der Waals surface area contributed by atoms with Crippen molar-refractivity contribution in [3.63, 3.8) is 0 Å². The molecule has 0 aromatic heterocycles. The summed E-state index contributed by atoms with van der Waals surface area (Å²) in [6, 6.07) is 10.4. The third-order valence-corrected chi connectivity index (χ3v) is 6.67. The Labute approximate surface area is 222 Å². The lowest BCUT2D eigenvalue weighted by Crippen LogP contribution is -2.57. The zero-order chi connectivity index (χ0) is 27.2. The predicted molar refractivity (Wildman–Crippen MR) is 141 cm³/mol. The average Bonchev–Trinajstić information content (AvgIpc) is 2.95. The summed E-state index contributed by atoms with van der Waals surface area (Å²) in [6.45, 7) is 4.47. The number of amides is 1. The number of hydrogen-bond acceptors (Lipinski definition) is 10. The van der Waals surface area contributed by atoms with E-state index in [9.17, 15) is 9.59 Å². The fraction of sp³-hybridized carbons (Fsp3) is 0.444. The van der Waals surface area contributed by atoms with Crippen molar-refractivity contribution in [2.75, 3.05) is 66.1 Å². The van der Waals surface area contributed by atoms with Crippen molar-refractivity contribution in [1.29, 1.82) is 0 Å². The summed E-state index contributed by atoms with van der Waals surface area (Å²) in [6.07, 6.45) is 0. The van der Waals surface area contributed by atoms with Gasteiger partial charge in [-0.15, -0.1) is 0 Å². The Kier molecular flexibility index (Phi) is 8.45. The van der Waals surface area contributed by atoms with E-state index in [0.29, 0.717) is 55.0 Å². The molecule has 2 aromatic carbocycles. The fourth-order valence-electron chi connectivity index (χ4n) is 4.79. The van der Waals surface area contributed by atoms with E-state index < -0.39 is 23.8 Å². The van der Waals surface area contributed by atoms with E-state index in [0.717, 1.165) is 11.4 Å². The van der Waals surface area contributed by atoms with Crippen LogP contribution in [0.25, 0.3) is 0 Å². The van der Waals surface area contributed by atoms with E-state index in [-0.39, 0.29) is 6.61 Å². The van der Waals surface area contributed by atoms with Gasteiger partial charge in [0.25, 0.3) is 0 Å². The Bertz CT molecular complexity index is 1170. The number of piperazine rings is 1. The van der Waals surface area contributed by atoms with Gasteiger partial charge >= 0.3 is 5.97 Å². The summed E-state index contributed by atoms with van der Waals surface area (Å²) in [5.41, 5.74) is 1.58. The van der Waals surface area contributed by atoms with Crippen LogP contribution in [0.1, 0.15) is 18.5 Å². The van der Waals surface area contributed by atoms with Crippen molar-refractivity contribution in [2.45, 2.75) is 13.0 Å². The number of guanidine groups is 1. The van der Waals surface area contributed by atoms with Crippen LogP contribution in [0.5, 0.6) is 23.0 Å². The lowest BCUT2D eigenvalue weighted by atomic mass is 9.90. The van der Waals surface area contributed by atoms with Gasteiger partial charge in [-0.1, -0.05) is 12.1 Å². The van der Waals surface area contributed by atoms with Crippen LogP contribution >= 0.6 is 0 Å². The Morgan fingerprint density at radius 3 is 2.11 bits per heavy atom. The van der Waals surface area contributed by atoms with Crippen molar-refractivity contribution >= 4 is 23.5 Å². The first-order chi connectivity index (χ1) is 18.4. The molecule has 2 aliphatic heterocycles. The van der Waals surface area contributed by atoms with E-state index >= 15 is 0 Å². The molecule has 11 heteroatoms. The maximum absolute atomic E-state index is 13.3. The largest absolute Gasteiger partial charge is 0.495 e. The summed E-state index contributed by atoms with van der Waals surface area (Å²) in [5, 5.41) is 2.84. The predicted octanol–water partition coefficient (Wildman–Crippen LogP) is 2.25. The van der Waals surface area contributed by atoms with Crippen LogP contribution in [-0.2, 0) is 14.3 Å². The zero-order valence-electron chi connectivity index (χ0n) is 22.4. The Morgan fingerprint density at radius 1 is 0.921 bits per heavy atom. The van der Waals surface area contributed by atoms with E-state index in [1.165, 1.54) is 21.3 Å². The molecule has 0 aliphatic carbocycles. The normalized spacial score (nSPS) is 19.3. The maximum Gasteiger partial charge on any atom is 0.321 e. The molecule has 2 heterocycles. The molecule has 2 aliphatic rings. The van der Waals surface area contributed by atoms with Gasteiger partial charge < -0.3 is 33.5 Å². The molecule has 0 saturated carbocycles. The molecule has 38 heavy (non-hydrogen) atoms. The molecule has 2 aromatic rings. The standard InChI is InChI=1S/C27H34N4O7/c1-6-38-26(33)22-23(17-15-20(35-3)24(37-5)21(16-17)36-4)28-27(29-25(22)32)31-13-11-30(12-14-31)18-9-7-8-10-19(18)34-2/h7-10,15-16,22-23H,6,11-14H2,1-5H3,(H,28,29,32)/t22-,23-/m0/s1. The topological polar surface area (TPSA) is 111 Å². The minimum Gasteiger partial charge on any atom is -0.495 e. The van der Waals surface area contributed by atoms with Gasteiger partial charge in [-0.25, -0.2) is 4.99 Å². The van der Waals surface area contributed by atoms with Gasteiger partial charge in [-0.2, -0.15) is 0 Å². The smallest absolute Gasteiger partial charge is 0.321 e. The lowest BCUT2D eigenvalue weighted by Gasteiger charge is -2.40. The van der Waals surface area contributed by atoms with Gasteiger partial charge in [0.1, 0.15) is 11.8 Å². The second-order valence-electron chi connectivity index (χ2n) is 8.72. The van der Waals surface area contributed by atoms with E-state index in [2.05, 4.69) is 10.2 Å². The highest BCUT2D eigenvalue weighted by Crippen LogP contribution is 2.42. The number of benzene rings is 2. The van der Waals surface area contributed by atoms with Crippen LogP contribution in [0, 0.1) is 5.92 Å². The average molecular weight is 527 g/mol. The van der Waals surface area contributed by atoms with Crippen molar-refractivity contribution in [3.8, 4) is 23.0 Å². The van der Waals surface area contributed by atoms with E-state index in [1.807, 2.05) is 29.2 Å². The molecule has 1 saturated heterocycles. The highest BCUT2D eigenvalue weighted by atomic mass is 16.5. The number of esters is 1. The van der Waals surface area contributed by atoms with Gasteiger partial charge in [0.15, 0.2) is 17.4 Å². The van der Waals surface area contributed by atoms with Crippen LogP contribution in [0.15, 0.2) is 41.4 Å². The van der Waals surface area contributed by atoms with Crippen molar-refractivity contribution in [3.05, 3.63) is 42.0 Å². The summed E-state index contributed by atoms with van der Waals surface area (Å²) in [4.78, 5) is 35.3. The van der Waals surface area contributed by atoms with Crippen LogP contribution in [0.2, 0.25) is 0 Å². The van der Waals surface area contributed by atoms with E-state index in [1.54, 1.807) is 26.2 Å². The van der Waals surface area contributed by atoms with Crippen molar-refractivity contribution in [1.82, 2.24) is 10.2 Å². The number of para-hydroxylation sites is 2. The molecule has 0 unspecified atom stereocenters. The second-order valence-corrected chi connectivity index (χ2v) is 8.72. The molecule has 4 rings (SSSR count). The van der Waals surface area contributed by atoms with Crippen molar-refractivity contribution in [2.24, 2.45) is 10.9 Å². The number of nitrogens with zero attached hydrogens (tertiary/aromatic N) is 3. The molecule has 0 radical (unpaired) electrons. The van der Waals surface area contributed by atoms with Crippen LogP contribution < -0.4 is 29.2 Å². The number of carbonyl (C=O) groups is 2. The van der Waals surface area contributed by atoms with Gasteiger partial charge in [-0.05, 0) is 36.8 Å². The number of nitrogens with one attached hydrogen (secondary N) is 1. The molecule has 1 amide bonds. The molecule has 1 N–H and O–H groups in total. The third-order valence-electron chi connectivity index (χ3n) is 6.67. The van der Waals surface area contributed by atoms with Crippen LogP contribution in [0.4, 0.5) is 5.69 Å². The fourth-order valence-corrected chi connectivity index (χ4v) is 4.79. The maximum atomic E-state index is 13.3. The SMILES string of the molecule is CCOC(=O)[C@@H]1C(=O)NC(N2CCN(c3ccccc3OC)CC2)=N[C@H]1c1cc(OC)c(OC)c(OC)c1. The Morgan fingerprint density at radius 2 is 1.53 bits per heavy atom. The Balaban J connectivity index is 1.66. The number of hydrogen-bond donors (Lipinski definition) is 1. The quantitative estimate of drug-likeness (QED) is 0.409. The summed E-state index contributed by atoms with van der Waals surface area (Å²) in [7, 11) is 6.18. The van der Waals surface area contributed by atoms with Gasteiger partial charge in [-0.3, -0.25) is 14.9 Å². The summed E-state index contributed by atoms with van der Waals surface area (Å²) < 4.78 is 27.2.